The SMILES string of the molecule is CCCc1nc(C)n(CC(=O)c2ccc(OC)cc2)c(=O)c1Cc1ccc(-c2ccccc2-c2noc(=O)[nH]2)cc1. The van der Waals surface area contributed by atoms with Crippen molar-refractivity contribution in [2.75, 3.05) is 7.11 Å². The van der Waals surface area contributed by atoms with Crippen molar-refractivity contribution in [3.05, 3.63) is 122 Å². The van der Waals surface area contributed by atoms with Gasteiger partial charge in [-0.1, -0.05) is 67.0 Å². The summed E-state index contributed by atoms with van der Waals surface area (Å²) < 4.78 is 11.3. The molecule has 9 nitrogen and oxygen atoms in total. The van der Waals surface area contributed by atoms with Crippen LogP contribution in [0.5, 0.6) is 5.75 Å². The number of carbonyl (C=O) groups is 1. The minimum atomic E-state index is -0.615. The summed E-state index contributed by atoms with van der Waals surface area (Å²) in [5, 5.41) is 3.83. The molecule has 0 aliphatic heterocycles. The summed E-state index contributed by atoms with van der Waals surface area (Å²) in [4.78, 5) is 45.6. The van der Waals surface area contributed by atoms with Crippen LogP contribution < -0.4 is 16.1 Å². The van der Waals surface area contributed by atoms with Gasteiger partial charge in [-0.15, -0.1) is 0 Å². The molecule has 0 aliphatic carbocycles. The lowest BCUT2D eigenvalue weighted by atomic mass is 9.96. The third-order valence-corrected chi connectivity index (χ3v) is 7.01. The second kappa shape index (κ2) is 12.0. The lowest BCUT2D eigenvalue weighted by molar-refractivity contribution is 0.0969. The summed E-state index contributed by atoms with van der Waals surface area (Å²) >= 11 is 0. The number of aromatic amines is 1. The topological polar surface area (TPSA) is 120 Å². The first-order valence-electron chi connectivity index (χ1n) is 13.4. The smallest absolute Gasteiger partial charge is 0.439 e. The first kappa shape index (κ1) is 27.5. The maximum atomic E-state index is 13.8. The number of Topliss-reactive ketones (excluding diaryl/α,β-unsaturated/α-hetero) is 1. The molecular weight excluding hydrogens is 520 g/mol. The van der Waals surface area contributed by atoms with Crippen molar-refractivity contribution in [3.63, 3.8) is 0 Å². The quantitative estimate of drug-likeness (QED) is 0.243. The zero-order chi connectivity index (χ0) is 28.9. The number of hydrogen-bond donors (Lipinski definition) is 1. The van der Waals surface area contributed by atoms with Crippen molar-refractivity contribution < 1.29 is 14.1 Å². The van der Waals surface area contributed by atoms with Crippen molar-refractivity contribution in [1.82, 2.24) is 19.7 Å². The number of H-pyrrole nitrogens is 1. The number of carbonyl (C=O) groups excluding carboxylic acids is 1. The fourth-order valence-corrected chi connectivity index (χ4v) is 4.87. The lowest BCUT2D eigenvalue weighted by Gasteiger charge is -2.15. The van der Waals surface area contributed by atoms with Gasteiger partial charge in [0.05, 0.1) is 19.3 Å². The van der Waals surface area contributed by atoms with Gasteiger partial charge in [-0.25, -0.2) is 9.78 Å². The average molecular weight is 551 g/mol. The highest BCUT2D eigenvalue weighted by Gasteiger charge is 2.18. The van der Waals surface area contributed by atoms with Crippen LogP contribution in [0.15, 0.2) is 86.9 Å². The molecule has 0 bridgehead atoms. The standard InChI is InChI=1S/C32H30N4O5/c1-4-7-28-27(31(38)36(20(2)33-28)19-29(37)23-14-16-24(40-3)17-15-23)18-21-10-12-22(13-11-21)25-8-5-6-9-26(25)30-34-32(39)41-35-30/h5-6,8-17H,4,7,18-19H2,1-3H3,(H,34,35,39). The summed E-state index contributed by atoms with van der Waals surface area (Å²) in [6.45, 7) is 3.72. The van der Waals surface area contributed by atoms with E-state index in [4.69, 9.17) is 9.72 Å². The summed E-state index contributed by atoms with van der Waals surface area (Å²) in [5.74, 6) is 0.739. The van der Waals surface area contributed by atoms with E-state index in [1.54, 1.807) is 38.3 Å². The molecule has 0 saturated carbocycles. The Kier molecular flexibility index (Phi) is 8.05. The third kappa shape index (κ3) is 5.94. The first-order chi connectivity index (χ1) is 19.9. The Morgan fingerprint density at radius 1 is 0.976 bits per heavy atom. The Labute approximate surface area is 236 Å². The van der Waals surface area contributed by atoms with E-state index in [0.717, 1.165) is 34.4 Å². The molecule has 1 N–H and O–H groups in total. The maximum absolute atomic E-state index is 13.8. The Hall–Kier alpha value is -5.05. The molecule has 0 atom stereocenters. The van der Waals surface area contributed by atoms with E-state index in [1.165, 1.54) is 4.57 Å². The molecule has 3 aromatic carbocycles. The summed E-state index contributed by atoms with van der Waals surface area (Å²) in [6, 6.07) is 22.3. The summed E-state index contributed by atoms with van der Waals surface area (Å²) in [7, 11) is 1.57. The number of nitrogens with one attached hydrogen (secondary N) is 1. The Balaban J connectivity index is 1.44. The van der Waals surface area contributed by atoms with Crippen molar-refractivity contribution in [2.24, 2.45) is 0 Å². The minimum Gasteiger partial charge on any atom is -0.497 e. The van der Waals surface area contributed by atoms with Crippen molar-refractivity contribution in [2.45, 2.75) is 39.7 Å². The molecule has 0 amide bonds. The second-order valence-electron chi connectivity index (χ2n) is 9.74. The zero-order valence-electron chi connectivity index (χ0n) is 23.1. The van der Waals surface area contributed by atoms with Crippen molar-refractivity contribution in [3.8, 4) is 28.3 Å². The molecular formula is C32H30N4O5. The van der Waals surface area contributed by atoms with Gasteiger partial charge in [0.2, 0.25) is 0 Å². The first-order valence-corrected chi connectivity index (χ1v) is 13.4. The van der Waals surface area contributed by atoms with Crippen LogP contribution in [-0.2, 0) is 19.4 Å². The fourth-order valence-electron chi connectivity index (χ4n) is 4.87. The molecule has 0 saturated heterocycles. The highest BCUT2D eigenvalue weighted by Crippen LogP contribution is 2.30. The van der Waals surface area contributed by atoms with E-state index in [1.807, 2.05) is 55.5 Å². The summed E-state index contributed by atoms with van der Waals surface area (Å²) in [5.41, 5.74) is 5.13. The van der Waals surface area contributed by atoms with Gasteiger partial charge in [0.15, 0.2) is 11.6 Å². The molecule has 2 heterocycles. The van der Waals surface area contributed by atoms with Gasteiger partial charge >= 0.3 is 5.76 Å². The van der Waals surface area contributed by atoms with Crippen LogP contribution in [-0.4, -0.2) is 32.6 Å². The number of methoxy groups -OCH3 is 1. The average Bonchev–Trinajstić information content (AvgIpc) is 3.43. The fraction of sp³-hybridized carbons (Fsp3) is 0.219. The van der Waals surface area contributed by atoms with Crippen molar-refractivity contribution >= 4 is 5.78 Å². The minimum absolute atomic E-state index is 0.0940. The highest BCUT2D eigenvalue weighted by molar-refractivity contribution is 5.96. The second-order valence-corrected chi connectivity index (χ2v) is 9.74. The molecule has 208 valence electrons. The molecule has 0 aliphatic rings. The predicted molar refractivity (Wildman–Crippen MR) is 155 cm³/mol. The molecule has 5 aromatic rings. The monoisotopic (exact) mass is 550 g/mol. The van der Waals surface area contributed by atoms with Gasteiger partial charge < -0.3 is 4.74 Å². The van der Waals surface area contributed by atoms with E-state index in [2.05, 4.69) is 14.7 Å². The Morgan fingerprint density at radius 3 is 2.32 bits per heavy atom. The molecule has 9 heteroatoms. The van der Waals surface area contributed by atoms with Crippen LogP contribution in [0.2, 0.25) is 0 Å². The number of aryl methyl sites for hydroxylation is 2. The highest BCUT2D eigenvalue weighted by atomic mass is 16.5. The number of aromatic nitrogens is 4. The van der Waals surface area contributed by atoms with Crippen molar-refractivity contribution in [1.29, 1.82) is 0 Å². The van der Waals surface area contributed by atoms with E-state index in [0.29, 0.717) is 41.4 Å². The van der Waals surface area contributed by atoms with Crippen LogP contribution in [0.25, 0.3) is 22.5 Å². The van der Waals surface area contributed by atoms with Gasteiger partial charge in [0.25, 0.3) is 5.56 Å². The molecule has 5 rings (SSSR count). The molecule has 0 spiro atoms. The molecule has 0 fully saturated rings. The maximum Gasteiger partial charge on any atom is 0.439 e. The molecule has 2 aromatic heterocycles. The van der Waals surface area contributed by atoms with Crippen LogP contribution in [0.3, 0.4) is 0 Å². The van der Waals surface area contributed by atoms with Crippen LogP contribution in [0.4, 0.5) is 0 Å². The summed E-state index contributed by atoms with van der Waals surface area (Å²) in [6.07, 6.45) is 1.89. The van der Waals surface area contributed by atoms with Crippen LogP contribution in [0.1, 0.15) is 46.3 Å². The Morgan fingerprint density at radius 2 is 1.68 bits per heavy atom. The zero-order valence-corrected chi connectivity index (χ0v) is 23.1. The van der Waals surface area contributed by atoms with Gasteiger partial charge in [-0.05, 0) is 54.3 Å². The van der Waals surface area contributed by atoms with E-state index in [9.17, 15) is 14.4 Å². The number of benzene rings is 3. The van der Waals surface area contributed by atoms with E-state index in [-0.39, 0.29) is 17.9 Å². The number of nitrogens with zero attached hydrogens (tertiary/aromatic N) is 3. The number of ketones is 1. The van der Waals surface area contributed by atoms with E-state index >= 15 is 0 Å². The van der Waals surface area contributed by atoms with E-state index < -0.39 is 5.76 Å². The lowest BCUT2D eigenvalue weighted by Crippen LogP contribution is -2.32. The largest absolute Gasteiger partial charge is 0.497 e. The molecule has 0 unspecified atom stereocenters. The van der Waals surface area contributed by atoms with Gasteiger partial charge in [-0.3, -0.25) is 23.7 Å². The Bertz CT molecular complexity index is 1800. The number of rotatable bonds is 10. The number of ether oxygens (including phenoxy) is 1. The molecule has 41 heavy (non-hydrogen) atoms. The predicted octanol–water partition coefficient (Wildman–Crippen LogP) is 5.00. The van der Waals surface area contributed by atoms with Crippen LogP contribution in [0, 0.1) is 6.92 Å². The molecule has 0 radical (unpaired) electrons. The van der Waals surface area contributed by atoms with Gasteiger partial charge in [-0.2, -0.15) is 0 Å². The van der Waals surface area contributed by atoms with Gasteiger partial charge in [0.1, 0.15) is 11.6 Å². The van der Waals surface area contributed by atoms with Crippen LogP contribution >= 0.6 is 0 Å². The van der Waals surface area contributed by atoms with Gasteiger partial charge in [0, 0.05) is 23.1 Å². The third-order valence-electron chi connectivity index (χ3n) is 7.01. The number of hydrogen-bond acceptors (Lipinski definition) is 7. The normalized spacial score (nSPS) is 11.0.